The van der Waals surface area contributed by atoms with Crippen molar-refractivity contribution >= 4 is 56.7 Å². The summed E-state index contributed by atoms with van der Waals surface area (Å²) in [5, 5.41) is 11.7. The second-order valence-electron chi connectivity index (χ2n) is 5.60. The maximum atomic E-state index is 12.8. The lowest BCUT2D eigenvalue weighted by molar-refractivity contribution is -0.113. The molecule has 0 aliphatic carbocycles. The third-order valence-corrected chi connectivity index (χ3v) is 5.31. The minimum Gasteiger partial charge on any atom is -0.508 e. The fourth-order valence-electron chi connectivity index (χ4n) is 2.81. The number of phenolic OH excluding ortho intramolecular Hbond substituents is 1. The van der Waals surface area contributed by atoms with Crippen LogP contribution in [-0.4, -0.2) is 15.3 Å². The topological polar surface area (TPSA) is 40.5 Å². The number of benzene rings is 3. The van der Waals surface area contributed by atoms with Crippen LogP contribution in [0.15, 0.2) is 71.6 Å². The van der Waals surface area contributed by atoms with Gasteiger partial charge < -0.3 is 5.11 Å². The Hall–Kier alpha value is -2.63. The number of aromatic hydroxyl groups is 1. The summed E-state index contributed by atoms with van der Waals surface area (Å²) in [6.45, 7) is 0. The van der Waals surface area contributed by atoms with Crippen LogP contribution in [0, 0.1) is 0 Å². The van der Waals surface area contributed by atoms with Gasteiger partial charge in [0, 0.05) is 0 Å². The molecule has 1 amide bonds. The fourth-order valence-corrected chi connectivity index (χ4v) is 4.10. The molecule has 1 heterocycles. The van der Waals surface area contributed by atoms with Crippen molar-refractivity contribution in [3.63, 3.8) is 0 Å². The number of thiocarbonyl (C=S) groups is 1. The number of anilines is 1. The molecule has 0 bridgehead atoms. The van der Waals surface area contributed by atoms with Gasteiger partial charge in [-0.05, 0) is 46.7 Å². The molecule has 0 spiro atoms. The van der Waals surface area contributed by atoms with Gasteiger partial charge in [-0.15, -0.1) is 0 Å². The molecule has 0 saturated carbocycles. The van der Waals surface area contributed by atoms with E-state index in [-0.39, 0.29) is 11.7 Å². The largest absolute Gasteiger partial charge is 0.508 e. The monoisotopic (exact) mass is 363 g/mol. The van der Waals surface area contributed by atoms with Crippen molar-refractivity contribution in [1.82, 2.24) is 0 Å². The van der Waals surface area contributed by atoms with E-state index in [4.69, 9.17) is 12.2 Å². The average Bonchev–Trinajstić information content (AvgIpc) is 2.90. The fraction of sp³-hybridized carbons (Fsp3) is 0. The molecule has 0 unspecified atom stereocenters. The lowest BCUT2D eigenvalue weighted by atomic mass is 10.0. The van der Waals surface area contributed by atoms with E-state index >= 15 is 0 Å². The highest BCUT2D eigenvalue weighted by molar-refractivity contribution is 8.27. The summed E-state index contributed by atoms with van der Waals surface area (Å²) < 4.78 is 0.488. The molecule has 1 fully saturated rings. The van der Waals surface area contributed by atoms with Crippen LogP contribution in [0.2, 0.25) is 0 Å². The molecular weight excluding hydrogens is 350 g/mol. The third kappa shape index (κ3) is 2.92. The first-order valence-corrected chi connectivity index (χ1v) is 8.91. The lowest BCUT2D eigenvalue weighted by Gasteiger charge is -2.14. The molecule has 25 heavy (non-hydrogen) atoms. The van der Waals surface area contributed by atoms with Crippen molar-refractivity contribution in [1.29, 1.82) is 0 Å². The minimum absolute atomic E-state index is 0.145. The van der Waals surface area contributed by atoms with E-state index < -0.39 is 0 Å². The molecule has 122 valence electrons. The van der Waals surface area contributed by atoms with E-state index in [1.165, 1.54) is 16.7 Å². The Morgan fingerprint density at radius 3 is 2.48 bits per heavy atom. The predicted molar refractivity (Wildman–Crippen MR) is 108 cm³/mol. The Morgan fingerprint density at radius 1 is 0.960 bits per heavy atom. The Morgan fingerprint density at radius 2 is 1.68 bits per heavy atom. The van der Waals surface area contributed by atoms with Gasteiger partial charge in [-0.2, -0.15) is 0 Å². The number of hydrogen-bond acceptors (Lipinski definition) is 4. The maximum Gasteiger partial charge on any atom is 0.270 e. The lowest BCUT2D eigenvalue weighted by Crippen LogP contribution is -2.27. The van der Waals surface area contributed by atoms with Crippen LogP contribution in [0.4, 0.5) is 5.69 Å². The van der Waals surface area contributed by atoms with Gasteiger partial charge in [-0.3, -0.25) is 9.69 Å². The average molecular weight is 363 g/mol. The SMILES string of the molecule is O=C1/C(=C\c2cccc3ccccc23)SC(=S)N1c1ccc(O)cc1. The molecule has 0 aromatic heterocycles. The van der Waals surface area contributed by atoms with Crippen LogP contribution in [0.1, 0.15) is 5.56 Å². The van der Waals surface area contributed by atoms with Crippen LogP contribution in [0.5, 0.6) is 5.75 Å². The molecule has 1 saturated heterocycles. The second-order valence-corrected chi connectivity index (χ2v) is 7.28. The van der Waals surface area contributed by atoms with Gasteiger partial charge in [-0.1, -0.05) is 66.4 Å². The van der Waals surface area contributed by atoms with Crippen molar-refractivity contribution < 1.29 is 9.90 Å². The van der Waals surface area contributed by atoms with Crippen molar-refractivity contribution in [2.24, 2.45) is 0 Å². The Labute approximate surface area is 154 Å². The van der Waals surface area contributed by atoms with E-state index in [0.717, 1.165) is 16.3 Å². The van der Waals surface area contributed by atoms with Crippen LogP contribution < -0.4 is 4.90 Å². The van der Waals surface area contributed by atoms with Gasteiger partial charge in [0.2, 0.25) is 0 Å². The van der Waals surface area contributed by atoms with Crippen molar-refractivity contribution in [2.45, 2.75) is 0 Å². The number of amides is 1. The van der Waals surface area contributed by atoms with Gasteiger partial charge in [-0.25, -0.2) is 0 Å². The van der Waals surface area contributed by atoms with Gasteiger partial charge in [0.1, 0.15) is 5.75 Å². The number of phenols is 1. The molecule has 3 nitrogen and oxygen atoms in total. The molecule has 1 aliphatic heterocycles. The first kappa shape index (κ1) is 15.9. The zero-order valence-electron chi connectivity index (χ0n) is 13.0. The smallest absolute Gasteiger partial charge is 0.270 e. The number of nitrogens with zero attached hydrogens (tertiary/aromatic N) is 1. The minimum atomic E-state index is -0.145. The number of hydrogen-bond donors (Lipinski definition) is 1. The van der Waals surface area contributed by atoms with Crippen molar-refractivity contribution in [2.75, 3.05) is 4.90 Å². The van der Waals surface area contributed by atoms with Gasteiger partial charge in [0.25, 0.3) is 5.91 Å². The molecule has 0 atom stereocenters. The number of rotatable bonds is 2. The van der Waals surface area contributed by atoms with E-state index in [1.807, 2.05) is 48.5 Å². The van der Waals surface area contributed by atoms with Crippen molar-refractivity contribution in [3.05, 3.63) is 77.2 Å². The Balaban J connectivity index is 1.74. The summed E-state index contributed by atoms with van der Waals surface area (Å²) in [5.41, 5.74) is 1.64. The molecule has 5 heteroatoms. The molecule has 1 N–H and O–H groups in total. The Bertz CT molecular complexity index is 1020. The van der Waals surface area contributed by atoms with Gasteiger partial charge in [0.05, 0.1) is 10.6 Å². The van der Waals surface area contributed by atoms with E-state index in [1.54, 1.807) is 24.3 Å². The Kier molecular flexibility index (Phi) is 4.03. The van der Waals surface area contributed by atoms with Crippen LogP contribution in [-0.2, 0) is 4.79 Å². The molecular formula is C20H13NO2S2. The number of carbonyl (C=O) groups is 1. The quantitative estimate of drug-likeness (QED) is 0.516. The number of thioether (sulfide) groups is 1. The van der Waals surface area contributed by atoms with Gasteiger partial charge >= 0.3 is 0 Å². The standard InChI is InChI=1S/C20H13NO2S2/c22-16-10-8-15(9-11-16)21-19(23)18(25-20(21)24)12-14-6-3-5-13-4-1-2-7-17(13)14/h1-12,22H/b18-12+. The summed E-state index contributed by atoms with van der Waals surface area (Å²) in [6.07, 6.45) is 1.89. The number of fused-ring (bicyclic) bond motifs is 1. The van der Waals surface area contributed by atoms with E-state index in [9.17, 15) is 9.90 Å². The normalized spacial score (nSPS) is 16.2. The number of carbonyl (C=O) groups excluding carboxylic acids is 1. The summed E-state index contributed by atoms with van der Waals surface area (Å²) in [4.78, 5) is 14.9. The zero-order chi connectivity index (χ0) is 17.4. The molecule has 0 radical (unpaired) electrons. The first-order valence-electron chi connectivity index (χ1n) is 7.68. The predicted octanol–water partition coefficient (Wildman–Crippen LogP) is 4.95. The highest BCUT2D eigenvalue weighted by Gasteiger charge is 2.33. The molecule has 3 aromatic carbocycles. The third-order valence-electron chi connectivity index (χ3n) is 4.01. The molecule has 4 rings (SSSR count). The van der Waals surface area contributed by atoms with E-state index in [0.29, 0.717) is 14.9 Å². The summed E-state index contributed by atoms with van der Waals surface area (Å²) in [7, 11) is 0. The molecule has 3 aromatic rings. The summed E-state index contributed by atoms with van der Waals surface area (Å²) in [6, 6.07) is 20.6. The van der Waals surface area contributed by atoms with Crippen LogP contribution in [0.3, 0.4) is 0 Å². The first-order chi connectivity index (χ1) is 12.1. The zero-order valence-corrected chi connectivity index (χ0v) is 14.7. The van der Waals surface area contributed by atoms with E-state index in [2.05, 4.69) is 0 Å². The molecule has 1 aliphatic rings. The van der Waals surface area contributed by atoms with Gasteiger partial charge in [0.15, 0.2) is 4.32 Å². The highest BCUT2D eigenvalue weighted by Crippen LogP contribution is 2.37. The van der Waals surface area contributed by atoms with Crippen LogP contribution >= 0.6 is 24.0 Å². The van der Waals surface area contributed by atoms with Crippen molar-refractivity contribution in [3.8, 4) is 5.75 Å². The summed E-state index contributed by atoms with van der Waals surface area (Å²) in [5.74, 6) is 0.00844. The maximum absolute atomic E-state index is 12.8. The summed E-state index contributed by atoms with van der Waals surface area (Å²) >= 11 is 6.68. The highest BCUT2D eigenvalue weighted by atomic mass is 32.2. The van der Waals surface area contributed by atoms with Crippen LogP contribution in [0.25, 0.3) is 16.8 Å². The second kappa shape index (κ2) is 6.35.